The molecule has 6 rings (SSSR count). The van der Waals surface area contributed by atoms with Gasteiger partial charge in [-0.3, -0.25) is 14.5 Å². The van der Waals surface area contributed by atoms with Crippen LogP contribution in [0.15, 0.2) is 42.7 Å². The van der Waals surface area contributed by atoms with Crippen LogP contribution in [0.4, 0.5) is 4.39 Å². The number of alkyl halides is 1. The Morgan fingerprint density at radius 1 is 1.06 bits per heavy atom. The summed E-state index contributed by atoms with van der Waals surface area (Å²) < 4.78 is 17.9. The van der Waals surface area contributed by atoms with Gasteiger partial charge in [0.05, 0.1) is 23.4 Å². The number of amides is 2. The molecule has 1 N–H and O–H groups in total. The molecule has 0 bridgehead atoms. The zero-order valence-corrected chi connectivity index (χ0v) is 17.1. The molecule has 2 fully saturated rings. The number of piperidine rings is 1. The molecule has 1 saturated carbocycles. The van der Waals surface area contributed by atoms with Gasteiger partial charge in [-0.15, -0.1) is 0 Å². The third-order valence-corrected chi connectivity index (χ3v) is 6.75. The number of benzene rings is 1. The summed E-state index contributed by atoms with van der Waals surface area (Å²) in [5.41, 5.74) is 2.36. The van der Waals surface area contributed by atoms with E-state index in [-0.39, 0.29) is 18.4 Å². The van der Waals surface area contributed by atoms with Crippen molar-refractivity contribution in [1.29, 1.82) is 0 Å². The molecule has 158 valence electrons. The maximum absolute atomic E-state index is 16.0. The molecule has 0 atom stereocenters. The van der Waals surface area contributed by atoms with Gasteiger partial charge in [0, 0.05) is 18.0 Å². The van der Waals surface area contributed by atoms with E-state index in [1.807, 2.05) is 22.9 Å². The summed E-state index contributed by atoms with van der Waals surface area (Å²) in [6.07, 6.45) is 6.94. The smallest absolute Gasteiger partial charge is 0.261 e. The minimum absolute atomic E-state index is 0.0765. The SMILES string of the molecule is O=C1c2ccccc2C(=O)N1Cc1cn2cc(C3CC3)cc(C3(F)CCNCC3)c2n1. The van der Waals surface area contributed by atoms with E-state index < -0.39 is 5.67 Å². The van der Waals surface area contributed by atoms with E-state index in [1.165, 1.54) is 4.90 Å². The zero-order valence-electron chi connectivity index (χ0n) is 17.1. The minimum Gasteiger partial charge on any atom is -0.316 e. The number of nitrogens with one attached hydrogen (secondary N) is 1. The fraction of sp³-hybridized carbons (Fsp3) is 0.375. The summed E-state index contributed by atoms with van der Waals surface area (Å²) in [7, 11) is 0. The predicted octanol–water partition coefficient (Wildman–Crippen LogP) is 3.56. The first-order valence-electron chi connectivity index (χ1n) is 10.9. The van der Waals surface area contributed by atoms with Gasteiger partial charge in [-0.1, -0.05) is 12.1 Å². The topological polar surface area (TPSA) is 66.7 Å². The number of pyridine rings is 1. The molecule has 1 aromatic carbocycles. The normalized spacial score (nSPS) is 20.5. The van der Waals surface area contributed by atoms with Gasteiger partial charge >= 0.3 is 0 Å². The van der Waals surface area contributed by atoms with Crippen LogP contribution in [0.25, 0.3) is 5.65 Å². The first kappa shape index (κ1) is 18.7. The number of nitrogens with zero attached hydrogens (tertiary/aromatic N) is 3. The number of hydrogen-bond acceptors (Lipinski definition) is 4. The molecule has 2 amide bonds. The van der Waals surface area contributed by atoms with Gasteiger partial charge in [-0.2, -0.15) is 0 Å². The molecule has 6 nitrogen and oxygen atoms in total. The van der Waals surface area contributed by atoms with Crippen LogP contribution in [0.2, 0.25) is 0 Å². The van der Waals surface area contributed by atoms with Crippen molar-refractivity contribution in [2.24, 2.45) is 0 Å². The van der Waals surface area contributed by atoms with Crippen LogP contribution in [-0.2, 0) is 12.2 Å². The van der Waals surface area contributed by atoms with E-state index in [0.29, 0.717) is 59.9 Å². The Morgan fingerprint density at radius 3 is 2.39 bits per heavy atom. The maximum Gasteiger partial charge on any atom is 0.261 e. The van der Waals surface area contributed by atoms with Crippen molar-refractivity contribution in [2.75, 3.05) is 13.1 Å². The summed E-state index contributed by atoms with van der Waals surface area (Å²) in [4.78, 5) is 31.4. The predicted molar refractivity (Wildman–Crippen MR) is 113 cm³/mol. The van der Waals surface area contributed by atoms with E-state index in [0.717, 1.165) is 18.4 Å². The Kier molecular flexibility index (Phi) is 4.05. The Balaban J connectivity index is 1.40. The highest BCUT2D eigenvalue weighted by molar-refractivity contribution is 6.21. The van der Waals surface area contributed by atoms with Crippen molar-refractivity contribution in [3.8, 4) is 0 Å². The highest BCUT2D eigenvalue weighted by atomic mass is 19.1. The van der Waals surface area contributed by atoms with Crippen molar-refractivity contribution < 1.29 is 14.0 Å². The average Bonchev–Trinajstić information content (AvgIpc) is 3.51. The second-order valence-electron chi connectivity index (χ2n) is 8.88. The molecule has 0 radical (unpaired) electrons. The summed E-state index contributed by atoms with van der Waals surface area (Å²) in [5.74, 6) is -0.135. The first-order chi connectivity index (χ1) is 15.0. The molecular weight excluding hydrogens is 395 g/mol. The van der Waals surface area contributed by atoms with Crippen molar-refractivity contribution in [1.82, 2.24) is 19.6 Å². The zero-order chi connectivity index (χ0) is 21.2. The lowest BCUT2D eigenvalue weighted by molar-refractivity contribution is 0.0640. The van der Waals surface area contributed by atoms with Gasteiger partial charge in [0.1, 0.15) is 11.3 Å². The standard InChI is InChI=1S/C24H23FN4O2/c25-24(7-9-26-10-8-24)20-11-16(15-5-6-15)12-28-13-17(27-21(20)28)14-29-22(30)18-3-1-2-4-19(18)23(29)31/h1-4,11-13,15,26H,5-10,14H2. The summed E-state index contributed by atoms with van der Waals surface area (Å²) in [5, 5.41) is 3.23. The number of carbonyl (C=O) groups is 2. The number of hydrogen-bond donors (Lipinski definition) is 1. The minimum atomic E-state index is -1.42. The average molecular weight is 418 g/mol. The quantitative estimate of drug-likeness (QED) is 0.658. The Morgan fingerprint density at radius 2 is 1.74 bits per heavy atom. The van der Waals surface area contributed by atoms with Crippen LogP contribution < -0.4 is 5.32 Å². The summed E-state index contributed by atoms with van der Waals surface area (Å²) in [6, 6.07) is 8.84. The van der Waals surface area contributed by atoms with Crippen LogP contribution >= 0.6 is 0 Å². The van der Waals surface area contributed by atoms with Crippen LogP contribution in [0, 0.1) is 0 Å². The third-order valence-electron chi connectivity index (χ3n) is 6.75. The molecule has 3 aliphatic rings. The molecule has 31 heavy (non-hydrogen) atoms. The molecule has 7 heteroatoms. The van der Waals surface area contributed by atoms with Crippen LogP contribution in [-0.4, -0.2) is 39.2 Å². The number of fused-ring (bicyclic) bond motifs is 2. The van der Waals surface area contributed by atoms with E-state index >= 15 is 4.39 Å². The summed E-state index contributed by atoms with van der Waals surface area (Å²) in [6.45, 7) is 1.35. The molecule has 3 aromatic rings. The van der Waals surface area contributed by atoms with Crippen LogP contribution in [0.3, 0.4) is 0 Å². The highest BCUT2D eigenvalue weighted by Gasteiger charge is 2.39. The number of imide groups is 1. The largest absolute Gasteiger partial charge is 0.316 e. The van der Waals surface area contributed by atoms with E-state index in [4.69, 9.17) is 4.98 Å². The van der Waals surface area contributed by atoms with Gasteiger partial charge in [0.25, 0.3) is 11.8 Å². The van der Waals surface area contributed by atoms with Gasteiger partial charge in [0.2, 0.25) is 0 Å². The molecule has 1 saturated heterocycles. The second-order valence-corrected chi connectivity index (χ2v) is 8.88. The van der Waals surface area contributed by atoms with Gasteiger partial charge in [0.15, 0.2) is 0 Å². The molecular formula is C24H23FN4O2. The number of carbonyl (C=O) groups excluding carboxylic acids is 2. The van der Waals surface area contributed by atoms with Gasteiger partial charge < -0.3 is 9.72 Å². The lowest BCUT2D eigenvalue weighted by atomic mass is 9.86. The maximum atomic E-state index is 16.0. The Bertz CT molecular complexity index is 1190. The van der Waals surface area contributed by atoms with Crippen molar-refractivity contribution >= 4 is 17.5 Å². The number of imidazole rings is 1. The number of aromatic nitrogens is 2. The fourth-order valence-corrected chi connectivity index (χ4v) is 4.85. The van der Waals surface area contributed by atoms with Crippen LogP contribution in [0.5, 0.6) is 0 Å². The molecule has 4 heterocycles. The molecule has 0 spiro atoms. The van der Waals surface area contributed by atoms with Crippen molar-refractivity contribution in [3.05, 3.63) is 70.7 Å². The molecule has 2 aromatic heterocycles. The highest BCUT2D eigenvalue weighted by Crippen LogP contribution is 2.44. The van der Waals surface area contributed by atoms with Gasteiger partial charge in [-0.05, 0) is 68.5 Å². The lowest BCUT2D eigenvalue weighted by Crippen LogP contribution is -2.37. The van der Waals surface area contributed by atoms with E-state index in [1.54, 1.807) is 24.3 Å². The Hall–Kier alpha value is -3.06. The monoisotopic (exact) mass is 418 g/mol. The van der Waals surface area contributed by atoms with Gasteiger partial charge in [-0.25, -0.2) is 9.37 Å². The number of halogens is 1. The molecule has 2 aliphatic heterocycles. The summed E-state index contributed by atoms with van der Waals surface area (Å²) >= 11 is 0. The molecule has 1 aliphatic carbocycles. The van der Waals surface area contributed by atoms with E-state index in [9.17, 15) is 9.59 Å². The number of rotatable bonds is 4. The fourth-order valence-electron chi connectivity index (χ4n) is 4.85. The van der Waals surface area contributed by atoms with Crippen molar-refractivity contribution in [3.63, 3.8) is 0 Å². The third kappa shape index (κ3) is 2.98. The van der Waals surface area contributed by atoms with Crippen molar-refractivity contribution in [2.45, 2.75) is 43.8 Å². The van der Waals surface area contributed by atoms with E-state index in [2.05, 4.69) is 5.32 Å². The first-order valence-corrected chi connectivity index (χ1v) is 10.9. The Labute approximate surface area is 179 Å². The second kappa shape index (κ2) is 6.72. The van der Waals surface area contributed by atoms with Crippen LogP contribution in [0.1, 0.15) is 69.1 Å². The molecule has 0 unspecified atom stereocenters. The lowest BCUT2D eigenvalue weighted by Gasteiger charge is -2.31.